The molecule has 0 radical (unpaired) electrons. The van der Waals surface area contributed by atoms with E-state index < -0.39 is 24.4 Å². The number of ether oxygens (including phenoxy) is 1. The standard InChI is InChI=1S/C26H28ClN3O7S2Si/c1-40(2,3)13-12-36-16-30-21-14-20(27)24(28-25(21)29-26(30)38-15-23(31)32)18-10-8-17(9-11-18)19-6-4-5-7-22(19)37-39(33,34)35/h4-11,14H,12-13,15-16H2,1-3H3,(H,31,32)(H,33,34,35). The van der Waals surface area contributed by atoms with Gasteiger partial charge in [-0.15, -0.1) is 0 Å². The van der Waals surface area contributed by atoms with Crippen molar-refractivity contribution in [1.82, 2.24) is 14.5 Å². The van der Waals surface area contributed by atoms with Gasteiger partial charge in [-0.05, 0) is 23.7 Å². The van der Waals surface area contributed by atoms with Gasteiger partial charge in [0.1, 0.15) is 6.73 Å². The van der Waals surface area contributed by atoms with Gasteiger partial charge in [0, 0.05) is 25.8 Å². The van der Waals surface area contributed by atoms with Gasteiger partial charge in [-0.3, -0.25) is 13.9 Å². The predicted molar refractivity (Wildman–Crippen MR) is 158 cm³/mol. The van der Waals surface area contributed by atoms with Crippen molar-refractivity contribution in [2.75, 3.05) is 12.4 Å². The molecule has 0 atom stereocenters. The lowest BCUT2D eigenvalue weighted by Crippen LogP contribution is -2.22. The summed E-state index contributed by atoms with van der Waals surface area (Å²) in [5.41, 5.74) is 3.30. The van der Waals surface area contributed by atoms with Gasteiger partial charge in [-0.1, -0.05) is 85.5 Å². The van der Waals surface area contributed by atoms with Crippen LogP contribution in [0.25, 0.3) is 33.5 Å². The maximum Gasteiger partial charge on any atom is 0.446 e. The summed E-state index contributed by atoms with van der Waals surface area (Å²) in [6.45, 7) is 7.57. The van der Waals surface area contributed by atoms with E-state index in [4.69, 9.17) is 25.1 Å². The SMILES string of the molecule is C[Si](C)(C)CCOCn1c(SCC(=O)O)nc2nc(-c3ccc(-c4ccccc4OS(=O)(=O)O)cc3)c(Cl)cc21. The van der Waals surface area contributed by atoms with Crippen LogP contribution in [0, 0.1) is 0 Å². The third kappa shape index (κ3) is 7.83. The number of aliphatic carboxylic acids is 1. The summed E-state index contributed by atoms with van der Waals surface area (Å²) in [6, 6.07) is 16.2. The summed E-state index contributed by atoms with van der Waals surface area (Å²) in [7, 11) is -5.97. The Morgan fingerprint density at radius 1 is 1.07 bits per heavy atom. The normalized spacial score (nSPS) is 12.1. The fraction of sp³-hybridized carbons (Fsp3) is 0.269. The van der Waals surface area contributed by atoms with Gasteiger partial charge < -0.3 is 14.0 Å². The zero-order valence-corrected chi connectivity index (χ0v) is 25.4. The minimum absolute atomic E-state index is 0.0145. The van der Waals surface area contributed by atoms with Gasteiger partial charge in [0.25, 0.3) is 0 Å². The van der Waals surface area contributed by atoms with Crippen LogP contribution in [-0.4, -0.2) is 59.0 Å². The molecule has 2 heterocycles. The van der Waals surface area contributed by atoms with Crippen molar-refractivity contribution in [2.24, 2.45) is 0 Å². The monoisotopic (exact) mass is 621 g/mol. The van der Waals surface area contributed by atoms with Gasteiger partial charge >= 0.3 is 16.4 Å². The Kier molecular flexibility index (Phi) is 9.22. The van der Waals surface area contributed by atoms with Crippen molar-refractivity contribution in [3.05, 3.63) is 59.6 Å². The van der Waals surface area contributed by atoms with Crippen LogP contribution in [0.15, 0.2) is 59.8 Å². The van der Waals surface area contributed by atoms with E-state index in [1.807, 2.05) is 0 Å². The number of carboxylic acids is 1. The first-order valence-corrected chi connectivity index (χ1v) is 18.6. The molecule has 0 unspecified atom stereocenters. The van der Waals surface area contributed by atoms with E-state index in [9.17, 15) is 18.3 Å². The Hall–Kier alpha value is -2.94. The molecular formula is C26H28ClN3O7S2Si. The van der Waals surface area contributed by atoms with Crippen LogP contribution in [-0.2, 0) is 26.7 Å². The van der Waals surface area contributed by atoms with Crippen molar-refractivity contribution < 1.29 is 31.8 Å². The van der Waals surface area contributed by atoms with E-state index in [0.717, 1.165) is 17.8 Å². The van der Waals surface area contributed by atoms with Crippen LogP contribution in [0.4, 0.5) is 0 Å². The second-order valence-electron chi connectivity index (χ2n) is 10.1. The summed E-state index contributed by atoms with van der Waals surface area (Å²) in [5.74, 6) is -1.14. The number of hydrogen-bond donors (Lipinski definition) is 2. The quantitative estimate of drug-likeness (QED) is 0.0826. The van der Waals surface area contributed by atoms with Crippen LogP contribution in [0.3, 0.4) is 0 Å². The van der Waals surface area contributed by atoms with E-state index in [1.165, 1.54) is 6.07 Å². The lowest BCUT2D eigenvalue weighted by molar-refractivity contribution is -0.133. The maximum atomic E-state index is 11.2. The predicted octanol–water partition coefficient (Wildman–Crippen LogP) is 6.09. The molecular weight excluding hydrogens is 594 g/mol. The molecule has 2 aromatic heterocycles. The number of aromatic nitrogens is 3. The summed E-state index contributed by atoms with van der Waals surface area (Å²) >= 11 is 7.75. The number of para-hydroxylation sites is 1. The van der Waals surface area contributed by atoms with E-state index in [2.05, 4.69) is 29.6 Å². The van der Waals surface area contributed by atoms with Gasteiger partial charge in [-0.2, -0.15) is 8.42 Å². The zero-order valence-electron chi connectivity index (χ0n) is 22.0. The molecule has 212 valence electrons. The third-order valence-corrected chi connectivity index (χ3v) is 9.10. The highest BCUT2D eigenvalue weighted by atomic mass is 35.5. The van der Waals surface area contributed by atoms with Gasteiger partial charge in [0.15, 0.2) is 16.6 Å². The van der Waals surface area contributed by atoms with Crippen LogP contribution in [0.1, 0.15) is 0 Å². The topological polar surface area (TPSA) is 141 Å². The number of benzene rings is 2. The van der Waals surface area contributed by atoms with E-state index >= 15 is 0 Å². The largest absolute Gasteiger partial charge is 0.481 e. The molecule has 2 aromatic carbocycles. The molecule has 0 aliphatic rings. The molecule has 4 rings (SSSR count). The number of carboxylic acid groups (broad SMARTS) is 1. The minimum Gasteiger partial charge on any atom is -0.481 e. The zero-order chi connectivity index (χ0) is 29.1. The highest BCUT2D eigenvalue weighted by Gasteiger charge is 2.19. The Bertz CT molecular complexity index is 1640. The first-order chi connectivity index (χ1) is 18.8. The van der Waals surface area contributed by atoms with Crippen LogP contribution in [0.2, 0.25) is 30.7 Å². The van der Waals surface area contributed by atoms with Crippen LogP contribution >= 0.6 is 23.4 Å². The number of rotatable bonds is 12. The number of carbonyl (C=O) groups is 1. The van der Waals surface area contributed by atoms with Crippen LogP contribution < -0.4 is 4.18 Å². The molecule has 0 saturated carbocycles. The highest BCUT2D eigenvalue weighted by Crippen LogP contribution is 2.35. The highest BCUT2D eigenvalue weighted by molar-refractivity contribution is 7.99. The Morgan fingerprint density at radius 3 is 2.40 bits per heavy atom. The summed E-state index contributed by atoms with van der Waals surface area (Å²) in [4.78, 5) is 20.5. The molecule has 14 heteroatoms. The molecule has 0 spiro atoms. The summed E-state index contributed by atoms with van der Waals surface area (Å²) in [6.07, 6.45) is 0. The van der Waals surface area contributed by atoms with Crippen molar-refractivity contribution in [2.45, 2.75) is 37.6 Å². The molecule has 4 aromatic rings. The molecule has 0 amide bonds. The Morgan fingerprint density at radius 2 is 1.75 bits per heavy atom. The lowest BCUT2D eigenvalue weighted by Gasteiger charge is -2.16. The summed E-state index contributed by atoms with van der Waals surface area (Å²) in [5, 5.41) is 10.0. The lowest BCUT2D eigenvalue weighted by atomic mass is 10.0. The van der Waals surface area contributed by atoms with Crippen molar-refractivity contribution in [3.8, 4) is 28.1 Å². The average Bonchev–Trinajstić information content (AvgIpc) is 3.20. The summed E-state index contributed by atoms with van der Waals surface area (Å²) < 4.78 is 44.0. The van der Waals surface area contributed by atoms with Crippen molar-refractivity contribution >= 4 is 59.0 Å². The van der Waals surface area contributed by atoms with Crippen molar-refractivity contribution in [3.63, 3.8) is 0 Å². The maximum absolute atomic E-state index is 11.2. The average molecular weight is 622 g/mol. The molecule has 10 nitrogen and oxygen atoms in total. The number of thioether (sulfide) groups is 1. The first-order valence-electron chi connectivity index (χ1n) is 12.2. The Labute approximate surface area is 242 Å². The molecule has 0 bridgehead atoms. The number of imidazole rings is 1. The third-order valence-electron chi connectivity index (χ3n) is 5.75. The van der Waals surface area contributed by atoms with Crippen molar-refractivity contribution in [1.29, 1.82) is 0 Å². The van der Waals surface area contributed by atoms with Gasteiger partial charge in [0.2, 0.25) is 0 Å². The minimum atomic E-state index is -4.69. The number of halogens is 1. The number of nitrogens with zero attached hydrogens (tertiary/aromatic N) is 3. The molecule has 0 aliphatic carbocycles. The number of pyridine rings is 1. The molecule has 0 fully saturated rings. The fourth-order valence-electron chi connectivity index (χ4n) is 3.80. The fourth-order valence-corrected chi connectivity index (χ4v) is 5.90. The van der Waals surface area contributed by atoms with E-state index in [-0.39, 0.29) is 18.2 Å². The second kappa shape index (κ2) is 12.3. The number of fused-ring (bicyclic) bond motifs is 1. The van der Waals surface area contributed by atoms with E-state index in [1.54, 1.807) is 53.1 Å². The van der Waals surface area contributed by atoms with Gasteiger partial charge in [-0.25, -0.2) is 9.97 Å². The van der Waals surface area contributed by atoms with Gasteiger partial charge in [0.05, 0.1) is 22.0 Å². The molecule has 2 N–H and O–H groups in total. The first kappa shape index (κ1) is 30.0. The smallest absolute Gasteiger partial charge is 0.446 e. The number of hydrogen-bond acceptors (Lipinski definition) is 8. The van der Waals surface area contributed by atoms with Crippen LogP contribution in [0.5, 0.6) is 5.75 Å². The van der Waals surface area contributed by atoms with E-state index in [0.29, 0.717) is 50.3 Å². The molecule has 0 saturated heterocycles. The Balaban J connectivity index is 1.65. The molecule has 40 heavy (non-hydrogen) atoms. The second-order valence-corrected chi connectivity index (χ2v) is 18.1. The molecule has 0 aliphatic heterocycles.